The fourth-order valence-corrected chi connectivity index (χ4v) is 5.54. The summed E-state index contributed by atoms with van der Waals surface area (Å²) in [7, 11) is -3.64. The molecule has 0 bridgehead atoms. The minimum absolute atomic E-state index is 0.0843. The Morgan fingerprint density at radius 2 is 1.91 bits per heavy atom. The number of carbonyl (C=O) groups is 1. The third-order valence-corrected chi connectivity index (χ3v) is 8.19. The van der Waals surface area contributed by atoms with Gasteiger partial charge in [0.05, 0.1) is 40.3 Å². The molecule has 2 aromatic carbocycles. The summed E-state index contributed by atoms with van der Waals surface area (Å²) in [5.74, 6) is -0.228. The number of nitrogens with zero attached hydrogens (tertiary/aromatic N) is 4. The van der Waals surface area contributed by atoms with E-state index in [0.29, 0.717) is 62.6 Å². The van der Waals surface area contributed by atoms with Crippen molar-refractivity contribution in [3.63, 3.8) is 0 Å². The van der Waals surface area contributed by atoms with Crippen LogP contribution in [0.15, 0.2) is 67.1 Å². The van der Waals surface area contributed by atoms with Crippen molar-refractivity contribution in [3.8, 4) is 33.9 Å². The molecule has 6 rings (SSSR count). The maximum atomic E-state index is 14.6. The standard InChI is InChI=1S/C30H27FN8O3S/c1-3-5-26(40)35-20-11-18(13-33-14-20)24-12-22-25(15-34-24)38-39-28(22)30-36-23-7-4-6-21(27(23)37-30)16-8-17(10-19(31)9-16)29(32)43(2,41)42/h4,6-15,29H,3,5,32H2,1-2H3,(H,35,40)(H,36,37)(H,38,39). The van der Waals surface area contributed by atoms with Crippen LogP contribution in [0.4, 0.5) is 10.1 Å². The van der Waals surface area contributed by atoms with Crippen LogP contribution in [0.3, 0.4) is 0 Å². The zero-order chi connectivity index (χ0) is 30.3. The summed E-state index contributed by atoms with van der Waals surface area (Å²) < 4.78 is 38.7. The van der Waals surface area contributed by atoms with Gasteiger partial charge in [0.25, 0.3) is 0 Å². The van der Waals surface area contributed by atoms with Crippen molar-refractivity contribution in [1.29, 1.82) is 0 Å². The fraction of sp³-hybridized carbons (Fsp3) is 0.167. The van der Waals surface area contributed by atoms with Crippen LogP contribution in [0.5, 0.6) is 0 Å². The van der Waals surface area contributed by atoms with E-state index in [9.17, 15) is 17.6 Å². The van der Waals surface area contributed by atoms with Crippen molar-refractivity contribution >= 4 is 43.4 Å². The number of hydrogen-bond acceptors (Lipinski definition) is 8. The topological polar surface area (TPSA) is 172 Å². The highest BCUT2D eigenvalue weighted by molar-refractivity contribution is 7.90. The number of sulfone groups is 1. The number of anilines is 1. The molecule has 11 nitrogen and oxygen atoms in total. The van der Waals surface area contributed by atoms with Crippen LogP contribution in [-0.2, 0) is 14.6 Å². The number of aromatic amines is 2. The summed E-state index contributed by atoms with van der Waals surface area (Å²) in [6, 6.07) is 13.1. The summed E-state index contributed by atoms with van der Waals surface area (Å²) in [5.41, 5.74) is 11.4. The molecule has 6 aromatic rings. The molecule has 0 saturated carbocycles. The normalized spacial score (nSPS) is 12.6. The maximum absolute atomic E-state index is 14.6. The van der Waals surface area contributed by atoms with Gasteiger partial charge >= 0.3 is 0 Å². The minimum Gasteiger partial charge on any atom is -0.337 e. The van der Waals surface area contributed by atoms with Gasteiger partial charge in [-0.15, -0.1) is 0 Å². The molecule has 4 heterocycles. The number of rotatable bonds is 8. The number of imidazole rings is 1. The highest BCUT2D eigenvalue weighted by Crippen LogP contribution is 2.34. The molecule has 1 atom stereocenters. The molecule has 0 fully saturated rings. The van der Waals surface area contributed by atoms with Gasteiger partial charge in [-0.05, 0) is 53.9 Å². The largest absolute Gasteiger partial charge is 0.337 e. The number of halogens is 1. The quantitative estimate of drug-likeness (QED) is 0.187. The van der Waals surface area contributed by atoms with Gasteiger partial charge in [-0.3, -0.25) is 19.9 Å². The van der Waals surface area contributed by atoms with Crippen LogP contribution >= 0.6 is 0 Å². The number of carbonyl (C=O) groups excluding carboxylic acids is 1. The SMILES string of the molecule is CCCC(=O)Nc1cncc(-c2cc3c(-c4nc5c(-c6cc(F)cc(C(N)S(C)(=O)=O)c6)cccc5[nH]4)n[nH]c3cn2)c1. The van der Waals surface area contributed by atoms with Gasteiger partial charge in [-0.1, -0.05) is 19.1 Å². The molecule has 1 unspecified atom stereocenters. The first-order chi connectivity index (χ1) is 20.6. The Kier molecular flexibility index (Phi) is 7.20. The van der Waals surface area contributed by atoms with E-state index >= 15 is 0 Å². The van der Waals surface area contributed by atoms with Gasteiger partial charge in [0.1, 0.15) is 16.9 Å². The van der Waals surface area contributed by atoms with Crippen molar-refractivity contribution in [2.75, 3.05) is 11.6 Å². The first kappa shape index (κ1) is 28.1. The molecule has 4 aromatic heterocycles. The molecule has 0 spiro atoms. The second-order valence-corrected chi connectivity index (χ2v) is 12.4. The Balaban J connectivity index is 1.40. The lowest BCUT2D eigenvalue weighted by Gasteiger charge is -2.12. The maximum Gasteiger partial charge on any atom is 0.224 e. The van der Waals surface area contributed by atoms with Crippen molar-refractivity contribution < 1.29 is 17.6 Å². The highest BCUT2D eigenvalue weighted by Gasteiger charge is 2.21. The molecule has 43 heavy (non-hydrogen) atoms. The van der Waals surface area contributed by atoms with E-state index in [1.165, 1.54) is 6.07 Å². The fourth-order valence-electron chi connectivity index (χ4n) is 4.91. The number of hydrogen-bond donors (Lipinski definition) is 4. The van der Waals surface area contributed by atoms with E-state index in [0.717, 1.165) is 24.1 Å². The summed E-state index contributed by atoms with van der Waals surface area (Å²) in [6.07, 6.45) is 7.08. The van der Waals surface area contributed by atoms with E-state index in [1.807, 2.05) is 25.1 Å². The van der Waals surface area contributed by atoms with E-state index in [-0.39, 0.29) is 11.5 Å². The first-order valence-electron chi connectivity index (χ1n) is 13.4. The summed E-state index contributed by atoms with van der Waals surface area (Å²) >= 11 is 0. The lowest BCUT2D eigenvalue weighted by atomic mass is 10.0. The molecule has 0 aliphatic heterocycles. The van der Waals surface area contributed by atoms with Crippen molar-refractivity contribution in [1.82, 2.24) is 30.1 Å². The van der Waals surface area contributed by atoms with Gasteiger partial charge in [0, 0.05) is 35.4 Å². The zero-order valence-electron chi connectivity index (χ0n) is 23.2. The number of benzene rings is 2. The second kappa shape index (κ2) is 11.0. The molecule has 0 saturated heterocycles. The van der Waals surface area contributed by atoms with Gasteiger partial charge in [0.2, 0.25) is 5.91 Å². The Morgan fingerprint density at radius 3 is 2.70 bits per heavy atom. The van der Waals surface area contributed by atoms with E-state index in [4.69, 9.17) is 10.7 Å². The van der Waals surface area contributed by atoms with Crippen LogP contribution in [0.2, 0.25) is 0 Å². The Morgan fingerprint density at radius 1 is 1.07 bits per heavy atom. The number of H-pyrrole nitrogens is 2. The molecule has 5 N–H and O–H groups in total. The van der Waals surface area contributed by atoms with Gasteiger partial charge in [0.15, 0.2) is 15.7 Å². The van der Waals surface area contributed by atoms with Crippen LogP contribution in [0, 0.1) is 5.82 Å². The van der Waals surface area contributed by atoms with Crippen LogP contribution in [0.25, 0.3) is 55.8 Å². The number of amides is 1. The van der Waals surface area contributed by atoms with E-state index < -0.39 is 21.0 Å². The monoisotopic (exact) mass is 598 g/mol. The number of aromatic nitrogens is 6. The number of para-hydroxylation sites is 1. The molecular weight excluding hydrogens is 571 g/mol. The lowest BCUT2D eigenvalue weighted by molar-refractivity contribution is -0.116. The number of nitrogens with one attached hydrogen (secondary N) is 3. The van der Waals surface area contributed by atoms with Crippen LogP contribution in [0.1, 0.15) is 30.7 Å². The predicted molar refractivity (Wildman–Crippen MR) is 163 cm³/mol. The smallest absolute Gasteiger partial charge is 0.224 e. The summed E-state index contributed by atoms with van der Waals surface area (Å²) in [4.78, 5) is 29.0. The highest BCUT2D eigenvalue weighted by atomic mass is 32.2. The average Bonchev–Trinajstić information content (AvgIpc) is 3.60. The van der Waals surface area contributed by atoms with Crippen molar-refractivity contribution in [2.45, 2.75) is 25.1 Å². The molecule has 13 heteroatoms. The van der Waals surface area contributed by atoms with Gasteiger partial charge in [-0.25, -0.2) is 17.8 Å². The van der Waals surface area contributed by atoms with Gasteiger partial charge in [-0.2, -0.15) is 5.10 Å². The van der Waals surface area contributed by atoms with Gasteiger partial charge < -0.3 is 16.0 Å². The molecular formula is C30H27FN8O3S. The number of nitrogens with two attached hydrogens (primary N) is 1. The molecule has 0 aliphatic rings. The lowest BCUT2D eigenvalue weighted by Crippen LogP contribution is -2.20. The van der Waals surface area contributed by atoms with Crippen molar-refractivity contribution in [3.05, 3.63) is 78.5 Å². The first-order valence-corrected chi connectivity index (χ1v) is 15.4. The Bertz CT molecular complexity index is 2120. The molecule has 0 aliphatic carbocycles. The third kappa shape index (κ3) is 5.59. The third-order valence-electron chi connectivity index (χ3n) is 7.00. The second-order valence-electron chi connectivity index (χ2n) is 10.3. The average molecular weight is 599 g/mol. The van der Waals surface area contributed by atoms with Crippen LogP contribution in [-0.4, -0.2) is 50.7 Å². The molecule has 1 amide bonds. The Hall–Kier alpha value is -5.01. The predicted octanol–water partition coefficient (Wildman–Crippen LogP) is 5.11. The zero-order valence-corrected chi connectivity index (χ0v) is 24.0. The van der Waals surface area contributed by atoms with E-state index in [1.54, 1.807) is 36.8 Å². The summed E-state index contributed by atoms with van der Waals surface area (Å²) in [6.45, 7) is 1.94. The molecule has 218 valence electrons. The minimum atomic E-state index is -3.64. The number of pyridine rings is 2. The van der Waals surface area contributed by atoms with Crippen LogP contribution < -0.4 is 11.1 Å². The molecule has 0 radical (unpaired) electrons. The number of fused-ring (bicyclic) bond motifs is 2. The summed E-state index contributed by atoms with van der Waals surface area (Å²) in [5, 5.41) is 9.70. The Labute approximate surface area is 245 Å². The van der Waals surface area contributed by atoms with E-state index in [2.05, 4.69) is 30.5 Å². The van der Waals surface area contributed by atoms with Crippen molar-refractivity contribution in [2.24, 2.45) is 5.73 Å².